The van der Waals surface area contributed by atoms with Crippen LogP contribution in [0.5, 0.6) is 5.75 Å². The van der Waals surface area contributed by atoms with Crippen LogP contribution in [0.3, 0.4) is 0 Å². The molecule has 4 aromatic rings. The Hall–Kier alpha value is -3.88. The van der Waals surface area contributed by atoms with E-state index in [1.54, 1.807) is 24.5 Å². The van der Waals surface area contributed by atoms with Gasteiger partial charge in [-0.25, -0.2) is 4.79 Å². The lowest BCUT2D eigenvalue weighted by atomic mass is 10.0. The minimum Gasteiger partial charge on any atom is -0.419 e. The Morgan fingerprint density at radius 3 is 2.53 bits per heavy atom. The molecule has 0 saturated heterocycles. The molecule has 0 fully saturated rings. The number of nitrogens with one attached hydrogen (secondary N) is 2. The third-order valence-electron chi connectivity index (χ3n) is 4.35. The molecule has 2 N–H and O–H groups in total. The van der Waals surface area contributed by atoms with E-state index in [0.717, 1.165) is 5.56 Å². The topological polar surface area (TPSA) is 79.9 Å². The molecule has 6 nitrogen and oxygen atoms in total. The van der Waals surface area contributed by atoms with Gasteiger partial charge in [0.1, 0.15) is 5.75 Å². The number of benzene rings is 2. The molecule has 2 aromatic carbocycles. The highest BCUT2D eigenvalue weighted by Gasteiger charge is 2.41. The first-order valence-electron chi connectivity index (χ1n) is 8.93. The predicted octanol–water partition coefficient (Wildman–Crippen LogP) is 4.76. The van der Waals surface area contributed by atoms with E-state index in [1.165, 1.54) is 12.1 Å². The fourth-order valence-electron chi connectivity index (χ4n) is 3.02. The van der Waals surface area contributed by atoms with Gasteiger partial charge in [-0.15, -0.1) is 5.10 Å². The summed E-state index contributed by atoms with van der Waals surface area (Å²) in [6.45, 7) is 0. The molecule has 0 spiro atoms. The summed E-state index contributed by atoms with van der Waals surface area (Å²) in [6.07, 6.45) is -1.39. The SMILES string of the molecule is O=C(Oc1cccc2c(Cc3ccccc3)nnc(Nc3cc[nH]c3)c12)C(F)(F)F. The number of ether oxygens (including phenoxy) is 1. The number of H-pyrrole nitrogens is 1. The van der Waals surface area contributed by atoms with Gasteiger partial charge in [0, 0.05) is 24.2 Å². The zero-order valence-electron chi connectivity index (χ0n) is 15.4. The number of anilines is 2. The average Bonchev–Trinajstić information content (AvgIpc) is 3.23. The van der Waals surface area contributed by atoms with Gasteiger partial charge in [0.05, 0.1) is 16.8 Å². The summed E-state index contributed by atoms with van der Waals surface area (Å²) >= 11 is 0. The van der Waals surface area contributed by atoms with Crippen LogP contribution in [0.2, 0.25) is 0 Å². The number of rotatable bonds is 5. The van der Waals surface area contributed by atoms with Crippen molar-refractivity contribution in [2.45, 2.75) is 12.6 Å². The second-order valence-corrected chi connectivity index (χ2v) is 6.45. The third kappa shape index (κ3) is 4.09. The summed E-state index contributed by atoms with van der Waals surface area (Å²) in [6, 6.07) is 15.7. The van der Waals surface area contributed by atoms with Crippen molar-refractivity contribution < 1.29 is 22.7 Å². The molecule has 0 unspecified atom stereocenters. The van der Waals surface area contributed by atoms with E-state index in [4.69, 9.17) is 0 Å². The summed E-state index contributed by atoms with van der Waals surface area (Å²) in [5.74, 6) is -2.38. The molecule has 2 heterocycles. The van der Waals surface area contributed by atoms with E-state index < -0.39 is 12.1 Å². The number of fused-ring (bicyclic) bond motifs is 1. The van der Waals surface area contributed by atoms with Gasteiger partial charge in [0.15, 0.2) is 5.82 Å². The van der Waals surface area contributed by atoms with E-state index in [-0.39, 0.29) is 17.0 Å². The maximum atomic E-state index is 12.8. The summed E-state index contributed by atoms with van der Waals surface area (Å²) in [7, 11) is 0. The van der Waals surface area contributed by atoms with Gasteiger partial charge in [0.25, 0.3) is 0 Å². The van der Waals surface area contributed by atoms with E-state index in [0.29, 0.717) is 23.2 Å². The number of nitrogens with zero attached hydrogens (tertiary/aromatic N) is 2. The molecule has 0 aliphatic rings. The Balaban J connectivity index is 1.83. The molecule has 2 aromatic heterocycles. The maximum Gasteiger partial charge on any atom is 0.491 e. The van der Waals surface area contributed by atoms with Crippen molar-refractivity contribution in [3.63, 3.8) is 0 Å². The molecule has 4 rings (SSSR count). The predicted molar refractivity (Wildman–Crippen MR) is 105 cm³/mol. The van der Waals surface area contributed by atoms with Crippen LogP contribution in [-0.4, -0.2) is 27.3 Å². The lowest BCUT2D eigenvalue weighted by molar-refractivity contribution is -0.189. The van der Waals surface area contributed by atoms with Crippen LogP contribution in [0.1, 0.15) is 11.3 Å². The lowest BCUT2D eigenvalue weighted by Gasteiger charge is -2.14. The van der Waals surface area contributed by atoms with Gasteiger partial charge in [-0.05, 0) is 17.7 Å². The van der Waals surface area contributed by atoms with Gasteiger partial charge in [0.2, 0.25) is 0 Å². The van der Waals surface area contributed by atoms with Crippen molar-refractivity contribution in [2.24, 2.45) is 0 Å². The number of alkyl halides is 3. The van der Waals surface area contributed by atoms with E-state index in [9.17, 15) is 18.0 Å². The first kappa shape index (κ1) is 19.4. The van der Waals surface area contributed by atoms with E-state index >= 15 is 0 Å². The van der Waals surface area contributed by atoms with Crippen molar-refractivity contribution in [2.75, 3.05) is 5.32 Å². The first-order chi connectivity index (χ1) is 14.4. The van der Waals surface area contributed by atoms with Crippen LogP contribution in [0.25, 0.3) is 10.8 Å². The third-order valence-corrected chi connectivity index (χ3v) is 4.35. The number of halogens is 3. The zero-order valence-corrected chi connectivity index (χ0v) is 15.4. The minimum absolute atomic E-state index is 0.173. The molecule has 0 aliphatic carbocycles. The molecular formula is C21H15F3N4O2. The van der Waals surface area contributed by atoms with Crippen LogP contribution >= 0.6 is 0 Å². The molecule has 0 bridgehead atoms. The summed E-state index contributed by atoms with van der Waals surface area (Å²) in [5, 5.41) is 12.2. The van der Waals surface area contributed by atoms with E-state index in [2.05, 4.69) is 25.2 Å². The van der Waals surface area contributed by atoms with Gasteiger partial charge < -0.3 is 15.0 Å². The standard InChI is InChI=1S/C21H15F3N4O2/c22-21(23,24)20(29)30-17-8-4-7-15-16(11-13-5-2-1-3-6-13)27-28-19(18(15)17)26-14-9-10-25-12-14/h1-10,12,25H,11H2,(H,26,28). The molecule has 0 radical (unpaired) electrons. The molecular weight excluding hydrogens is 397 g/mol. The lowest BCUT2D eigenvalue weighted by Crippen LogP contribution is -2.28. The second kappa shape index (κ2) is 7.86. The molecule has 152 valence electrons. The smallest absolute Gasteiger partial charge is 0.419 e. The summed E-state index contributed by atoms with van der Waals surface area (Å²) in [4.78, 5) is 14.3. The van der Waals surface area contributed by atoms with Gasteiger partial charge >= 0.3 is 12.1 Å². The van der Waals surface area contributed by atoms with Crippen molar-refractivity contribution in [1.82, 2.24) is 15.2 Å². The number of carbonyl (C=O) groups is 1. The van der Waals surface area contributed by atoms with Crippen LogP contribution in [0.15, 0.2) is 67.0 Å². The molecule has 0 aliphatic heterocycles. The largest absolute Gasteiger partial charge is 0.491 e. The highest BCUT2D eigenvalue weighted by atomic mass is 19.4. The maximum absolute atomic E-state index is 12.8. The monoisotopic (exact) mass is 412 g/mol. The normalized spacial score (nSPS) is 11.4. The van der Waals surface area contributed by atoms with Gasteiger partial charge in [-0.1, -0.05) is 42.5 Å². The number of aromatic nitrogens is 3. The fraction of sp³-hybridized carbons (Fsp3) is 0.0952. The highest BCUT2D eigenvalue weighted by Crippen LogP contribution is 2.35. The molecule has 0 atom stereocenters. The summed E-state index contributed by atoms with van der Waals surface area (Å²) < 4.78 is 43.0. The Kier molecular flexibility index (Phi) is 5.09. The molecule has 0 saturated carbocycles. The average molecular weight is 412 g/mol. The number of hydrogen-bond donors (Lipinski definition) is 2. The Morgan fingerprint density at radius 1 is 1.03 bits per heavy atom. The molecule has 30 heavy (non-hydrogen) atoms. The number of carbonyl (C=O) groups excluding carboxylic acids is 1. The first-order valence-corrected chi connectivity index (χ1v) is 8.93. The molecule has 9 heteroatoms. The highest BCUT2D eigenvalue weighted by molar-refractivity contribution is 6.00. The van der Waals surface area contributed by atoms with Crippen LogP contribution in [-0.2, 0) is 11.2 Å². The zero-order chi connectivity index (χ0) is 21.1. The number of hydrogen-bond acceptors (Lipinski definition) is 5. The Bertz CT molecular complexity index is 1180. The van der Waals surface area contributed by atoms with E-state index in [1.807, 2.05) is 30.3 Å². The van der Waals surface area contributed by atoms with Gasteiger partial charge in [-0.2, -0.15) is 18.3 Å². The van der Waals surface area contributed by atoms with Crippen LogP contribution in [0.4, 0.5) is 24.7 Å². The summed E-state index contributed by atoms with van der Waals surface area (Å²) in [5.41, 5.74) is 2.12. The van der Waals surface area contributed by atoms with Crippen molar-refractivity contribution in [3.8, 4) is 5.75 Å². The van der Waals surface area contributed by atoms with Crippen molar-refractivity contribution in [1.29, 1.82) is 0 Å². The van der Waals surface area contributed by atoms with Crippen LogP contribution in [0, 0.1) is 0 Å². The quantitative estimate of drug-likeness (QED) is 0.365. The number of esters is 1. The second-order valence-electron chi connectivity index (χ2n) is 6.45. The Morgan fingerprint density at radius 2 is 1.83 bits per heavy atom. The van der Waals surface area contributed by atoms with Crippen molar-refractivity contribution >= 4 is 28.2 Å². The van der Waals surface area contributed by atoms with Crippen molar-refractivity contribution in [3.05, 3.63) is 78.2 Å². The van der Waals surface area contributed by atoms with Gasteiger partial charge in [-0.3, -0.25) is 0 Å². The number of aromatic amines is 1. The fourth-order valence-corrected chi connectivity index (χ4v) is 3.02. The molecule has 0 amide bonds. The minimum atomic E-state index is -5.12. The Labute approximate surface area is 168 Å². The van der Waals surface area contributed by atoms with Crippen LogP contribution < -0.4 is 10.1 Å².